The van der Waals surface area contributed by atoms with E-state index in [1.807, 2.05) is 6.92 Å². The predicted molar refractivity (Wildman–Crippen MR) is 89.7 cm³/mol. The average molecular weight is 340 g/mol. The first kappa shape index (κ1) is 17.7. The fraction of sp³-hybridized carbons (Fsp3) is 0.500. The van der Waals surface area contributed by atoms with Crippen molar-refractivity contribution in [1.29, 1.82) is 0 Å². The Hall–Kier alpha value is -1.63. The van der Waals surface area contributed by atoms with Crippen molar-refractivity contribution in [1.82, 2.24) is 9.80 Å². The predicted octanol–water partition coefficient (Wildman–Crippen LogP) is 1.38. The van der Waals surface area contributed by atoms with Gasteiger partial charge in [-0.15, -0.1) is 0 Å². The molecular formula is C16H22ClN3O3. The van der Waals surface area contributed by atoms with Gasteiger partial charge in [-0.25, -0.2) is 0 Å². The minimum Gasteiger partial charge on any atom is -0.378 e. The fourth-order valence-electron chi connectivity index (χ4n) is 2.38. The molecule has 0 spiro atoms. The second-order valence-corrected chi connectivity index (χ2v) is 6.03. The third-order valence-electron chi connectivity index (χ3n) is 3.72. The second-order valence-electron chi connectivity index (χ2n) is 5.63. The monoisotopic (exact) mass is 339 g/mol. The van der Waals surface area contributed by atoms with Crippen molar-refractivity contribution in [2.75, 3.05) is 51.8 Å². The molecule has 2 amide bonds. The Labute approximate surface area is 141 Å². The molecule has 1 aliphatic rings. The highest BCUT2D eigenvalue weighted by atomic mass is 35.5. The van der Waals surface area contributed by atoms with Gasteiger partial charge in [-0.1, -0.05) is 17.7 Å². The van der Waals surface area contributed by atoms with Crippen LogP contribution < -0.4 is 5.32 Å². The van der Waals surface area contributed by atoms with Crippen LogP contribution in [0.15, 0.2) is 18.2 Å². The van der Waals surface area contributed by atoms with E-state index in [1.54, 1.807) is 35.0 Å². The molecule has 126 valence electrons. The van der Waals surface area contributed by atoms with E-state index in [4.69, 9.17) is 16.3 Å². The summed E-state index contributed by atoms with van der Waals surface area (Å²) in [6.45, 7) is 4.57. The SMILES string of the molecule is Cc1c(Cl)cccc1NC(=O)CN(C)CC(=O)N1CCOCC1. The highest BCUT2D eigenvalue weighted by Gasteiger charge is 2.19. The molecule has 0 radical (unpaired) electrons. The Bertz CT molecular complexity index is 574. The van der Waals surface area contributed by atoms with Gasteiger partial charge in [0.2, 0.25) is 11.8 Å². The van der Waals surface area contributed by atoms with Crippen molar-refractivity contribution < 1.29 is 14.3 Å². The van der Waals surface area contributed by atoms with Gasteiger partial charge in [-0.2, -0.15) is 0 Å². The summed E-state index contributed by atoms with van der Waals surface area (Å²) in [6.07, 6.45) is 0. The molecule has 0 saturated carbocycles. The summed E-state index contributed by atoms with van der Waals surface area (Å²) in [5.74, 6) is -0.157. The summed E-state index contributed by atoms with van der Waals surface area (Å²) < 4.78 is 5.22. The molecule has 0 unspecified atom stereocenters. The number of benzene rings is 1. The summed E-state index contributed by atoms with van der Waals surface area (Å²) >= 11 is 6.04. The minimum absolute atomic E-state index is 0.0162. The molecule has 1 fully saturated rings. The van der Waals surface area contributed by atoms with Gasteiger partial charge in [0.25, 0.3) is 0 Å². The zero-order valence-electron chi connectivity index (χ0n) is 13.5. The third-order valence-corrected chi connectivity index (χ3v) is 4.13. The second kappa shape index (κ2) is 8.29. The summed E-state index contributed by atoms with van der Waals surface area (Å²) in [4.78, 5) is 27.7. The third kappa shape index (κ3) is 5.20. The van der Waals surface area contributed by atoms with E-state index in [-0.39, 0.29) is 24.9 Å². The number of nitrogens with one attached hydrogen (secondary N) is 1. The highest BCUT2D eigenvalue weighted by Crippen LogP contribution is 2.22. The number of ether oxygens (including phenoxy) is 1. The van der Waals surface area contributed by atoms with Gasteiger partial charge in [0, 0.05) is 23.8 Å². The largest absolute Gasteiger partial charge is 0.378 e. The first-order valence-corrected chi connectivity index (χ1v) is 7.94. The van der Waals surface area contributed by atoms with Crippen LogP contribution in [-0.4, -0.2) is 68.1 Å². The van der Waals surface area contributed by atoms with E-state index in [1.165, 1.54) is 0 Å². The molecule has 1 aliphatic heterocycles. The Balaban J connectivity index is 1.82. The number of likely N-dealkylation sites (N-methyl/N-ethyl adjacent to an activating group) is 1. The molecule has 0 bridgehead atoms. The molecule has 1 aromatic rings. The van der Waals surface area contributed by atoms with Crippen LogP contribution in [-0.2, 0) is 14.3 Å². The lowest BCUT2D eigenvalue weighted by Crippen LogP contribution is -2.46. The molecule has 1 heterocycles. The number of rotatable bonds is 5. The normalized spacial score (nSPS) is 14.9. The van der Waals surface area contributed by atoms with Crippen molar-refractivity contribution >= 4 is 29.1 Å². The molecule has 6 nitrogen and oxygen atoms in total. The van der Waals surface area contributed by atoms with Crippen LogP contribution in [0.2, 0.25) is 5.02 Å². The lowest BCUT2D eigenvalue weighted by molar-refractivity contribution is -0.136. The van der Waals surface area contributed by atoms with Crippen LogP contribution in [0.25, 0.3) is 0 Å². The first-order chi connectivity index (χ1) is 11.0. The van der Waals surface area contributed by atoms with Crippen LogP contribution in [0.5, 0.6) is 0 Å². The molecule has 2 rings (SSSR count). The first-order valence-electron chi connectivity index (χ1n) is 7.56. The molecule has 1 aromatic carbocycles. The van der Waals surface area contributed by atoms with Crippen LogP contribution in [0.3, 0.4) is 0 Å². The Morgan fingerprint density at radius 2 is 2.00 bits per heavy atom. The maximum Gasteiger partial charge on any atom is 0.238 e. The summed E-state index contributed by atoms with van der Waals surface area (Å²) in [5, 5.41) is 3.43. The van der Waals surface area contributed by atoms with Gasteiger partial charge in [0.05, 0.1) is 26.3 Å². The summed E-state index contributed by atoms with van der Waals surface area (Å²) in [6, 6.07) is 5.37. The van der Waals surface area contributed by atoms with E-state index in [0.29, 0.717) is 37.0 Å². The van der Waals surface area contributed by atoms with Gasteiger partial charge in [0.1, 0.15) is 0 Å². The van der Waals surface area contributed by atoms with Crippen molar-refractivity contribution in [3.05, 3.63) is 28.8 Å². The van der Waals surface area contributed by atoms with Crippen LogP contribution >= 0.6 is 11.6 Å². The van der Waals surface area contributed by atoms with Crippen LogP contribution in [0.1, 0.15) is 5.56 Å². The zero-order chi connectivity index (χ0) is 16.8. The van der Waals surface area contributed by atoms with Gasteiger partial charge in [0.15, 0.2) is 0 Å². The van der Waals surface area contributed by atoms with E-state index in [0.717, 1.165) is 5.56 Å². The fourth-order valence-corrected chi connectivity index (χ4v) is 2.55. The maximum absolute atomic E-state index is 12.1. The Kier molecular flexibility index (Phi) is 6.38. The molecule has 23 heavy (non-hydrogen) atoms. The van der Waals surface area contributed by atoms with Crippen molar-refractivity contribution in [3.63, 3.8) is 0 Å². The molecule has 0 aliphatic carbocycles. The lowest BCUT2D eigenvalue weighted by Gasteiger charge is -2.28. The number of amides is 2. The van der Waals surface area contributed by atoms with Crippen molar-refractivity contribution in [2.45, 2.75) is 6.92 Å². The molecule has 1 N–H and O–H groups in total. The summed E-state index contributed by atoms with van der Waals surface area (Å²) in [5.41, 5.74) is 1.52. The van der Waals surface area contributed by atoms with Crippen LogP contribution in [0, 0.1) is 6.92 Å². The van der Waals surface area contributed by atoms with E-state index < -0.39 is 0 Å². The lowest BCUT2D eigenvalue weighted by atomic mass is 10.2. The smallest absolute Gasteiger partial charge is 0.238 e. The molecule has 7 heteroatoms. The maximum atomic E-state index is 12.1. The molecule has 1 saturated heterocycles. The number of carbonyl (C=O) groups excluding carboxylic acids is 2. The standard InChI is InChI=1S/C16H22ClN3O3/c1-12-13(17)4-3-5-14(12)18-15(21)10-19(2)11-16(22)20-6-8-23-9-7-20/h3-5H,6-11H2,1-2H3,(H,18,21). The number of halogens is 1. The Morgan fingerprint density at radius 3 is 2.70 bits per heavy atom. The van der Waals surface area contributed by atoms with Crippen LogP contribution in [0.4, 0.5) is 5.69 Å². The number of carbonyl (C=O) groups is 2. The highest BCUT2D eigenvalue weighted by molar-refractivity contribution is 6.31. The average Bonchev–Trinajstić information content (AvgIpc) is 2.52. The Morgan fingerprint density at radius 1 is 1.30 bits per heavy atom. The van der Waals surface area contributed by atoms with Gasteiger partial charge in [-0.05, 0) is 31.7 Å². The molecule has 0 atom stereocenters. The molecule has 0 aromatic heterocycles. The number of anilines is 1. The number of morpholine rings is 1. The number of nitrogens with zero attached hydrogens (tertiary/aromatic N) is 2. The topological polar surface area (TPSA) is 61.9 Å². The summed E-state index contributed by atoms with van der Waals surface area (Å²) in [7, 11) is 1.75. The van der Waals surface area contributed by atoms with Gasteiger partial charge >= 0.3 is 0 Å². The van der Waals surface area contributed by atoms with Gasteiger partial charge in [-0.3, -0.25) is 14.5 Å². The minimum atomic E-state index is -0.173. The quantitative estimate of drug-likeness (QED) is 0.880. The number of hydrogen-bond acceptors (Lipinski definition) is 4. The van der Waals surface area contributed by atoms with Gasteiger partial charge < -0.3 is 15.0 Å². The van der Waals surface area contributed by atoms with Crippen molar-refractivity contribution in [3.8, 4) is 0 Å². The molecular weight excluding hydrogens is 318 g/mol. The van der Waals surface area contributed by atoms with E-state index in [2.05, 4.69) is 5.32 Å². The number of hydrogen-bond donors (Lipinski definition) is 1. The van der Waals surface area contributed by atoms with E-state index in [9.17, 15) is 9.59 Å². The van der Waals surface area contributed by atoms with E-state index >= 15 is 0 Å². The zero-order valence-corrected chi connectivity index (χ0v) is 14.2. The van der Waals surface area contributed by atoms with Crippen molar-refractivity contribution in [2.24, 2.45) is 0 Å².